The van der Waals surface area contributed by atoms with Crippen LogP contribution in [-0.4, -0.2) is 18.5 Å². The molecule has 0 radical (unpaired) electrons. The highest BCUT2D eigenvalue weighted by Crippen LogP contribution is 2.03. The molecule has 0 aromatic heterocycles. The van der Waals surface area contributed by atoms with E-state index in [1.165, 1.54) is 11.6 Å². The first kappa shape index (κ1) is 16.5. The van der Waals surface area contributed by atoms with E-state index in [9.17, 15) is 9.59 Å². The van der Waals surface area contributed by atoms with Gasteiger partial charge in [-0.15, -0.1) is 0 Å². The summed E-state index contributed by atoms with van der Waals surface area (Å²) in [6.45, 7) is 2.13. The second-order valence-corrected chi connectivity index (χ2v) is 5.11. The number of carbonyl (C=O) groups is 2. The first-order valence-corrected chi connectivity index (χ1v) is 7.35. The number of hydrogen-bond donors (Lipinski definition) is 1. The summed E-state index contributed by atoms with van der Waals surface area (Å²) in [5.74, 6) is -0.869. The third kappa shape index (κ3) is 6.18. The number of ether oxygens (including phenoxy) is 1. The number of aryl methyl sites for hydroxylation is 1. The minimum absolute atomic E-state index is 0.288. The van der Waals surface area contributed by atoms with E-state index >= 15 is 0 Å². The van der Waals surface area contributed by atoms with E-state index < -0.39 is 5.97 Å². The van der Waals surface area contributed by atoms with Crippen molar-refractivity contribution in [3.8, 4) is 0 Å². The molecule has 0 bridgehead atoms. The summed E-state index contributed by atoms with van der Waals surface area (Å²) in [6, 6.07) is 17.3. The molecule has 0 aliphatic rings. The maximum absolute atomic E-state index is 11.6. The van der Waals surface area contributed by atoms with E-state index in [1.54, 1.807) is 6.08 Å². The fraction of sp³-hybridized carbons (Fsp3) is 0.158. The Morgan fingerprint density at radius 1 is 1.04 bits per heavy atom. The summed E-state index contributed by atoms with van der Waals surface area (Å²) in [5.41, 5.74) is 3.06. The summed E-state index contributed by atoms with van der Waals surface area (Å²) in [5, 5.41) is 2.71. The molecular formula is C19H19NO3. The fourth-order valence-corrected chi connectivity index (χ4v) is 1.87. The zero-order chi connectivity index (χ0) is 16.5. The number of carbonyl (C=O) groups excluding carboxylic acids is 2. The largest absolute Gasteiger partial charge is 0.452 e. The number of nitrogens with one attached hydrogen (secondary N) is 1. The zero-order valence-electron chi connectivity index (χ0n) is 13.0. The molecule has 0 saturated carbocycles. The van der Waals surface area contributed by atoms with Crippen molar-refractivity contribution in [1.29, 1.82) is 0 Å². The van der Waals surface area contributed by atoms with Crippen molar-refractivity contribution in [2.45, 2.75) is 13.5 Å². The van der Waals surface area contributed by atoms with Crippen molar-refractivity contribution >= 4 is 18.0 Å². The molecule has 1 amide bonds. The van der Waals surface area contributed by atoms with Crippen LogP contribution < -0.4 is 5.32 Å². The van der Waals surface area contributed by atoms with E-state index in [2.05, 4.69) is 5.32 Å². The molecule has 0 atom stereocenters. The normalized spacial score (nSPS) is 10.5. The Balaban J connectivity index is 1.70. The molecule has 23 heavy (non-hydrogen) atoms. The topological polar surface area (TPSA) is 55.4 Å². The smallest absolute Gasteiger partial charge is 0.331 e. The molecule has 2 aromatic carbocycles. The molecule has 1 N–H and O–H groups in total. The highest BCUT2D eigenvalue weighted by atomic mass is 16.5. The summed E-state index contributed by atoms with van der Waals surface area (Å²) in [6.07, 6.45) is 2.95. The average Bonchev–Trinajstić information content (AvgIpc) is 2.58. The van der Waals surface area contributed by atoms with Crippen molar-refractivity contribution in [3.05, 3.63) is 77.4 Å². The van der Waals surface area contributed by atoms with Gasteiger partial charge in [-0.2, -0.15) is 0 Å². The van der Waals surface area contributed by atoms with E-state index in [0.29, 0.717) is 6.54 Å². The second kappa shape index (κ2) is 8.54. The quantitative estimate of drug-likeness (QED) is 0.659. The van der Waals surface area contributed by atoms with Crippen LogP contribution in [0.4, 0.5) is 0 Å². The molecule has 0 aliphatic heterocycles. The second-order valence-electron chi connectivity index (χ2n) is 5.11. The van der Waals surface area contributed by atoms with Crippen molar-refractivity contribution in [2.75, 3.05) is 6.61 Å². The van der Waals surface area contributed by atoms with Gasteiger partial charge >= 0.3 is 5.97 Å². The maximum Gasteiger partial charge on any atom is 0.331 e. The van der Waals surface area contributed by atoms with Crippen LogP contribution in [0.2, 0.25) is 0 Å². The van der Waals surface area contributed by atoms with Crippen molar-refractivity contribution in [2.24, 2.45) is 0 Å². The third-order valence-corrected chi connectivity index (χ3v) is 3.17. The lowest BCUT2D eigenvalue weighted by Crippen LogP contribution is -2.28. The van der Waals surface area contributed by atoms with Crippen LogP contribution >= 0.6 is 0 Å². The van der Waals surface area contributed by atoms with Gasteiger partial charge in [-0.25, -0.2) is 4.79 Å². The first-order chi connectivity index (χ1) is 11.1. The maximum atomic E-state index is 11.6. The lowest BCUT2D eigenvalue weighted by Gasteiger charge is -2.06. The van der Waals surface area contributed by atoms with Gasteiger partial charge in [0, 0.05) is 12.6 Å². The minimum atomic E-state index is -0.542. The van der Waals surface area contributed by atoms with E-state index in [-0.39, 0.29) is 12.5 Å². The van der Waals surface area contributed by atoms with Crippen LogP contribution in [0.5, 0.6) is 0 Å². The molecule has 0 aliphatic carbocycles. The summed E-state index contributed by atoms with van der Waals surface area (Å²) >= 11 is 0. The van der Waals surface area contributed by atoms with Gasteiger partial charge in [0.1, 0.15) is 0 Å². The standard InChI is InChI=1S/C19H19NO3/c1-15-7-9-17(10-8-15)13-20-18(21)14-23-19(22)12-11-16-5-3-2-4-6-16/h2-12H,13-14H2,1H3,(H,20,21)/b12-11+. The summed E-state index contributed by atoms with van der Waals surface area (Å²) in [7, 11) is 0. The Morgan fingerprint density at radius 2 is 1.74 bits per heavy atom. The van der Waals surface area contributed by atoms with Crippen LogP contribution in [0.1, 0.15) is 16.7 Å². The van der Waals surface area contributed by atoms with Crippen LogP contribution in [0.3, 0.4) is 0 Å². The predicted molar refractivity (Wildman–Crippen MR) is 89.5 cm³/mol. The number of hydrogen-bond acceptors (Lipinski definition) is 3. The Kier molecular flexibility index (Phi) is 6.12. The molecule has 0 unspecified atom stereocenters. The summed E-state index contributed by atoms with van der Waals surface area (Å²) in [4.78, 5) is 23.2. The monoisotopic (exact) mass is 309 g/mol. The van der Waals surface area contributed by atoms with E-state index in [4.69, 9.17) is 4.74 Å². The number of benzene rings is 2. The van der Waals surface area contributed by atoms with Crippen LogP contribution in [0, 0.1) is 6.92 Å². The lowest BCUT2D eigenvalue weighted by atomic mass is 10.1. The zero-order valence-corrected chi connectivity index (χ0v) is 13.0. The molecule has 4 heteroatoms. The molecule has 4 nitrogen and oxygen atoms in total. The van der Waals surface area contributed by atoms with Crippen LogP contribution in [0.25, 0.3) is 6.08 Å². The van der Waals surface area contributed by atoms with E-state index in [0.717, 1.165) is 11.1 Å². The minimum Gasteiger partial charge on any atom is -0.452 e. The van der Waals surface area contributed by atoms with Crippen LogP contribution in [-0.2, 0) is 20.9 Å². The number of amides is 1. The highest BCUT2D eigenvalue weighted by molar-refractivity contribution is 5.89. The Morgan fingerprint density at radius 3 is 2.43 bits per heavy atom. The van der Waals surface area contributed by atoms with Gasteiger partial charge in [-0.1, -0.05) is 60.2 Å². The molecule has 0 fully saturated rings. The molecule has 0 heterocycles. The molecule has 2 aromatic rings. The van der Waals surface area contributed by atoms with Crippen LogP contribution in [0.15, 0.2) is 60.7 Å². The average molecular weight is 309 g/mol. The fourth-order valence-electron chi connectivity index (χ4n) is 1.87. The Hall–Kier alpha value is -2.88. The lowest BCUT2D eigenvalue weighted by molar-refractivity contribution is -0.143. The third-order valence-electron chi connectivity index (χ3n) is 3.17. The van der Waals surface area contributed by atoms with Crippen molar-refractivity contribution < 1.29 is 14.3 Å². The SMILES string of the molecule is Cc1ccc(CNC(=O)COC(=O)/C=C/c2ccccc2)cc1. The summed E-state index contributed by atoms with van der Waals surface area (Å²) < 4.78 is 4.90. The molecule has 2 rings (SSSR count). The van der Waals surface area contributed by atoms with Gasteiger partial charge in [-0.05, 0) is 24.1 Å². The number of esters is 1. The van der Waals surface area contributed by atoms with Gasteiger partial charge < -0.3 is 10.1 Å². The van der Waals surface area contributed by atoms with Gasteiger partial charge in [0.2, 0.25) is 0 Å². The van der Waals surface area contributed by atoms with Gasteiger partial charge in [0.15, 0.2) is 6.61 Å². The van der Waals surface area contributed by atoms with E-state index in [1.807, 2.05) is 61.5 Å². The highest BCUT2D eigenvalue weighted by Gasteiger charge is 2.04. The van der Waals surface area contributed by atoms with Gasteiger partial charge in [0.25, 0.3) is 5.91 Å². The molecular weight excluding hydrogens is 290 g/mol. The van der Waals surface area contributed by atoms with Crippen molar-refractivity contribution in [3.63, 3.8) is 0 Å². The van der Waals surface area contributed by atoms with Gasteiger partial charge in [-0.3, -0.25) is 4.79 Å². The first-order valence-electron chi connectivity index (χ1n) is 7.35. The molecule has 118 valence electrons. The number of rotatable bonds is 6. The van der Waals surface area contributed by atoms with Crippen molar-refractivity contribution in [1.82, 2.24) is 5.32 Å². The molecule has 0 saturated heterocycles. The predicted octanol–water partition coefficient (Wildman–Crippen LogP) is 2.87. The van der Waals surface area contributed by atoms with Gasteiger partial charge in [0.05, 0.1) is 0 Å². The Bertz CT molecular complexity index is 676. The molecule has 0 spiro atoms. The Labute approximate surface area is 135 Å².